The van der Waals surface area contributed by atoms with Crippen LogP contribution in [0.15, 0.2) is 34.8 Å². The van der Waals surface area contributed by atoms with Gasteiger partial charge in [0, 0.05) is 18.7 Å². The maximum atomic E-state index is 14.4. The van der Waals surface area contributed by atoms with E-state index >= 15 is 0 Å². The highest BCUT2D eigenvalue weighted by atomic mass is 79.9. The van der Waals surface area contributed by atoms with Crippen molar-refractivity contribution in [2.45, 2.75) is 32.2 Å². The number of fused-ring (bicyclic) bond motifs is 1. The first kappa shape index (κ1) is 16.5. The zero-order chi connectivity index (χ0) is 15.4. The molecule has 21 heavy (non-hydrogen) atoms. The van der Waals surface area contributed by atoms with Gasteiger partial charge in [0.05, 0.1) is 6.10 Å². The Labute approximate surface area is 135 Å². The summed E-state index contributed by atoms with van der Waals surface area (Å²) in [5.74, 6) is -0.132. The van der Waals surface area contributed by atoms with E-state index in [-0.39, 0.29) is 33.3 Å². The molecular weight excluding hydrogens is 351 g/mol. The van der Waals surface area contributed by atoms with E-state index in [4.69, 9.17) is 9.47 Å². The van der Waals surface area contributed by atoms with E-state index in [1.807, 2.05) is 25.1 Å². The normalized spacial score (nSPS) is 12.9. The Hall–Kier alpha value is -0.913. The molecule has 0 aromatic heterocycles. The molecule has 0 aliphatic rings. The molecule has 2 nitrogen and oxygen atoms in total. The Morgan fingerprint density at radius 1 is 1.24 bits per heavy atom. The molecule has 0 aliphatic carbocycles. The topological polar surface area (TPSA) is 18.5 Å². The van der Waals surface area contributed by atoms with Crippen molar-refractivity contribution in [1.82, 2.24) is 0 Å². The van der Waals surface area contributed by atoms with Gasteiger partial charge in [-0.3, -0.25) is 0 Å². The van der Waals surface area contributed by atoms with Crippen LogP contribution >= 0.6 is 15.9 Å². The van der Waals surface area contributed by atoms with Crippen LogP contribution in [0.3, 0.4) is 0 Å². The van der Waals surface area contributed by atoms with E-state index in [1.54, 1.807) is 12.1 Å². The lowest BCUT2D eigenvalue weighted by atomic mass is 10.1. The van der Waals surface area contributed by atoms with Gasteiger partial charge >= 0.3 is 0 Å². The Balaban J connectivity index is 2.07. The number of hydrogen-bond acceptors (Lipinski definition) is 2. The smallest absolute Gasteiger partial charge is 0.189 e. The van der Waals surface area contributed by atoms with Crippen molar-refractivity contribution in [2.75, 3.05) is 6.79 Å². The highest BCUT2D eigenvalue weighted by Gasteiger charge is 2.12. The predicted molar refractivity (Wildman–Crippen MR) is 89.9 cm³/mol. The Bertz CT molecular complexity index is 618. The second-order valence-corrected chi connectivity index (χ2v) is 9.04. The van der Waals surface area contributed by atoms with Gasteiger partial charge in [0.25, 0.3) is 0 Å². The summed E-state index contributed by atoms with van der Waals surface area (Å²) in [6, 6.07) is 10.0. The molecule has 0 spiro atoms. The lowest BCUT2D eigenvalue weighted by Crippen LogP contribution is -2.18. The fourth-order valence-corrected chi connectivity index (χ4v) is 4.05. The fourth-order valence-electron chi connectivity index (χ4n) is 2.22. The van der Waals surface area contributed by atoms with Gasteiger partial charge in [-0.05, 0) is 24.4 Å². The van der Waals surface area contributed by atoms with Crippen molar-refractivity contribution in [1.29, 1.82) is 0 Å². The highest BCUT2D eigenvalue weighted by molar-refractivity contribution is 9.10. The standard InChI is InChI=1S/C16H19BrFO2Si/c1-11(9-21(2)3)19-10-20-15-8-14(17)12-6-4-5-7-13(12)16(15)18/h4-8,11H,9-10H2,1-3H3. The zero-order valence-corrected chi connectivity index (χ0v) is 15.0. The van der Waals surface area contributed by atoms with Crippen molar-refractivity contribution >= 4 is 35.5 Å². The SMILES string of the molecule is CC(C[Si](C)C)OCOc1cc(Br)c2ccccc2c1F. The summed E-state index contributed by atoms with van der Waals surface area (Å²) >= 11 is 3.45. The first-order chi connectivity index (χ1) is 9.99. The number of halogens is 2. The summed E-state index contributed by atoms with van der Waals surface area (Å²) < 4.78 is 26.2. The van der Waals surface area contributed by atoms with Gasteiger partial charge in [-0.1, -0.05) is 53.3 Å². The molecule has 2 aromatic carbocycles. The molecule has 0 heterocycles. The maximum absolute atomic E-state index is 14.4. The van der Waals surface area contributed by atoms with E-state index < -0.39 is 0 Å². The summed E-state index contributed by atoms with van der Waals surface area (Å²) in [6.45, 7) is 6.57. The van der Waals surface area contributed by atoms with Gasteiger partial charge in [-0.15, -0.1) is 0 Å². The van der Waals surface area contributed by atoms with Crippen LogP contribution in [-0.4, -0.2) is 21.7 Å². The van der Waals surface area contributed by atoms with Crippen LogP contribution in [0, 0.1) is 5.82 Å². The summed E-state index contributed by atoms with van der Waals surface area (Å²) in [5, 5.41) is 1.38. The van der Waals surface area contributed by atoms with Crippen molar-refractivity contribution in [3.8, 4) is 5.75 Å². The van der Waals surface area contributed by atoms with Crippen molar-refractivity contribution in [2.24, 2.45) is 0 Å². The van der Waals surface area contributed by atoms with Crippen molar-refractivity contribution in [3.63, 3.8) is 0 Å². The third-order valence-corrected chi connectivity index (χ3v) is 5.21. The molecule has 1 unspecified atom stereocenters. The Morgan fingerprint density at radius 3 is 2.57 bits per heavy atom. The molecule has 113 valence electrons. The number of hydrogen-bond donors (Lipinski definition) is 0. The van der Waals surface area contributed by atoms with Crippen LogP contribution in [0.25, 0.3) is 10.8 Å². The van der Waals surface area contributed by atoms with Crippen molar-refractivity contribution in [3.05, 3.63) is 40.6 Å². The van der Waals surface area contributed by atoms with Gasteiger partial charge in [0.1, 0.15) is 0 Å². The zero-order valence-electron chi connectivity index (χ0n) is 12.5. The second kappa shape index (κ2) is 7.38. The highest BCUT2D eigenvalue weighted by Crippen LogP contribution is 2.33. The van der Waals surface area contributed by atoms with Gasteiger partial charge in [0.15, 0.2) is 18.4 Å². The van der Waals surface area contributed by atoms with Gasteiger partial charge in [0.2, 0.25) is 0 Å². The molecular formula is C16H19BrFO2Si. The van der Waals surface area contributed by atoms with Crippen LogP contribution < -0.4 is 4.74 Å². The molecule has 0 amide bonds. The summed E-state index contributed by atoms with van der Waals surface area (Å²) in [7, 11) is -0.333. The molecule has 0 N–H and O–H groups in total. The van der Waals surface area contributed by atoms with E-state index in [1.165, 1.54) is 0 Å². The third kappa shape index (κ3) is 4.28. The quantitative estimate of drug-likeness (QED) is 0.512. The van der Waals surface area contributed by atoms with Crippen LogP contribution in [0.1, 0.15) is 6.92 Å². The second-order valence-electron chi connectivity index (χ2n) is 5.37. The van der Waals surface area contributed by atoms with Gasteiger partial charge in [-0.25, -0.2) is 4.39 Å². The molecule has 1 atom stereocenters. The first-order valence-corrected chi connectivity index (χ1v) is 10.4. The summed E-state index contributed by atoms with van der Waals surface area (Å²) in [6.07, 6.45) is 0.140. The summed E-state index contributed by atoms with van der Waals surface area (Å²) in [5.41, 5.74) is 0. The van der Waals surface area contributed by atoms with Gasteiger partial charge in [-0.2, -0.15) is 0 Å². The number of ether oxygens (including phenoxy) is 2. The van der Waals surface area contributed by atoms with E-state index in [0.29, 0.717) is 5.39 Å². The molecule has 0 fully saturated rings. The fraction of sp³-hybridized carbons (Fsp3) is 0.375. The number of rotatable bonds is 6. The van der Waals surface area contributed by atoms with Crippen molar-refractivity contribution < 1.29 is 13.9 Å². The largest absolute Gasteiger partial charge is 0.464 e. The minimum absolute atomic E-state index is 0.0675. The average molecular weight is 370 g/mol. The lowest BCUT2D eigenvalue weighted by Gasteiger charge is -2.16. The number of benzene rings is 2. The van der Waals surface area contributed by atoms with Crippen LogP contribution in [0.5, 0.6) is 5.75 Å². The van der Waals surface area contributed by atoms with Crippen LogP contribution in [0.4, 0.5) is 4.39 Å². The van der Waals surface area contributed by atoms with Crippen LogP contribution in [0.2, 0.25) is 19.1 Å². The molecule has 0 saturated heterocycles. The monoisotopic (exact) mass is 369 g/mol. The molecule has 2 rings (SSSR count). The predicted octanol–water partition coefficient (Wildman–Crippen LogP) is 5.24. The lowest BCUT2D eigenvalue weighted by molar-refractivity contribution is -0.0217. The van der Waals surface area contributed by atoms with Gasteiger partial charge < -0.3 is 9.47 Å². The molecule has 0 aliphatic heterocycles. The Morgan fingerprint density at radius 2 is 1.90 bits per heavy atom. The van der Waals surface area contributed by atoms with E-state index in [2.05, 4.69) is 29.0 Å². The molecule has 0 saturated carbocycles. The molecule has 5 heteroatoms. The minimum atomic E-state index is -0.346. The van der Waals surface area contributed by atoms with E-state index in [9.17, 15) is 4.39 Å². The minimum Gasteiger partial charge on any atom is -0.464 e. The van der Waals surface area contributed by atoms with Crippen LogP contribution in [-0.2, 0) is 4.74 Å². The Kier molecular flexibility index (Phi) is 5.78. The first-order valence-electron chi connectivity index (χ1n) is 6.89. The average Bonchev–Trinajstić information content (AvgIpc) is 2.43. The van der Waals surface area contributed by atoms with E-state index in [0.717, 1.165) is 15.9 Å². The molecule has 0 bridgehead atoms. The third-order valence-electron chi connectivity index (χ3n) is 3.16. The maximum Gasteiger partial charge on any atom is 0.189 e. The molecule has 1 radical (unpaired) electrons. The summed E-state index contributed by atoms with van der Waals surface area (Å²) in [4.78, 5) is 0. The molecule has 2 aromatic rings.